The molecule has 21 heavy (non-hydrogen) atoms. The van der Waals surface area contributed by atoms with Gasteiger partial charge in [0.1, 0.15) is 23.0 Å². The standard InChI is InChI=1S/C17H16O4/c1-4-19-13-7-10(2)16-14(9-13)21-15(17(16)18)8-12-6-5-11(3)20-12/h5-9H,4H2,1-3H3/b15-8-. The number of furan rings is 1. The van der Waals surface area contributed by atoms with Gasteiger partial charge in [0.25, 0.3) is 0 Å². The largest absolute Gasteiger partial charge is 0.494 e. The minimum atomic E-state index is -0.125. The lowest BCUT2D eigenvalue weighted by atomic mass is 10.0. The molecule has 0 unspecified atom stereocenters. The molecule has 1 aliphatic heterocycles. The zero-order chi connectivity index (χ0) is 15.0. The zero-order valence-corrected chi connectivity index (χ0v) is 12.2. The lowest BCUT2D eigenvalue weighted by molar-refractivity contribution is 0.101. The Balaban J connectivity index is 1.98. The molecule has 108 valence electrons. The predicted molar refractivity (Wildman–Crippen MR) is 78.7 cm³/mol. The van der Waals surface area contributed by atoms with E-state index in [1.54, 1.807) is 18.2 Å². The topological polar surface area (TPSA) is 48.7 Å². The van der Waals surface area contributed by atoms with Crippen LogP contribution in [0.4, 0.5) is 0 Å². The van der Waals surface area contributed by atoms with E-state index < -0.39 is 0 Å². The van der Waals surface area contributed by atoms with Gasteiger partial charge in [0.15, 0.2) is 5.76 Å². The van der Waals surface area contributed by atoms with Crippen molar-refractivity contribution in [2.45, 2.75) is 20.8 Å². The van der Waals surface area contributed by atoms with Crippen molar-refractivity contribution in [2.75, 3.05) is 6.61 Å². The fraction of sp³-hybridized carbons (Fsp3) is 0.235. The highest BCUT2D eigenvalue weighted by Gasteiger charge is 2.30. The Labute approximate surface area is 123 Å². The van der Waals surface area contributed by atoms with Crippen LogP contribution >= 0.6 is 0 Å². The summed E-state index contributed by atoms with van der Waals surface area (Å²) in [6.07, 6.45) is 1.62. The highest BCUT2D eigenvalue weighted by Crippen LogP contribution is 2.37. The molecular formula is C17H16O4. The summed E-state index contributed by atoms with van der Waals surface area (Å²) < 4.78 is 16.6. The second-order valence-corrected chi connectivity index (χ2v) is 4.93. The number of ether oxygens (including phenoxy) is 2. The van der Waals surface area contributed by atoms with Gasteiger partial charge >= 0.3 is 0 Å². The van der Waals surface area contributed by atoms with Gasteiger partial charge in [0, 0.05) is 12.1 Å². The van der Waals surface area contributed by atoms with Crippen molar-refractivity contribution in [1.29, 1.82) is 0 Å². The van der Waals surface area contributed by atoms with E-state index in [0.717, 1.165) is 11.3 Å². The van der Waals surface area contributed by atoms with Crippen LogP contribution in [-0.4, -0.2) is 12.4 Å². The Hall–Kier alpha value is -2.49. The second-order valence-electron chi connectivity index (χ2n) is 4.93. The molecule has 1 aromatic carbocycles. The molecule has 0 radical (unpaired) electrons. The highest BCUT2D eigenvalue weighted by molar-refractivity contribution is 6.15. The van der Waals surface area contributed by atoms with Crippen molar-refractivity contribution >= 4 is 11.9 Å². The molecule has 3 rings (SSSR count). The van der Waals surface area contributed by atoms with Crippen molar-refractivity contribution in [3.63, 3.8) is 0 Å². The number of hydrogen-bond acceptors (Lipinski definition) is 4. The normalized spacial score (nSPS) is 15.2. The molecule has 1 aromatic heterocycles. The third-order valence-corrected chi connectivity index (χ3v) is 3.29. The van der Waals surface area contributed by atoms with Crippen LogP contribution in [0.2, 0.25) is 0 Å². The minimum absolute atomic E-state index is 0.125. The van der Waals surface area contributed by atoms with Gasteiger partial charge in [-0.25, -0.2) is 0 Å². The van der Waals surface area contributed by atoms with Gasteiger partial charge < -0.3 is 13.9 Å². The second kappa shape index (κ2) is 5.13. The van der Waals surface area contributed by atoms with Crippen molar-refractivity contribution < 1.29 is 18.7 Å². The lowest BCUT2D eigenvalue weighted by Gasteiger charge is -2.06. The first-order chi connectivity index (χ1) is 10.1. The average Bonchev–Trinajstić information content (AvgIpc) is 2.95. The molecule has 1 aliphatic rings. The maximum Gasteiger partial charge on any atom is 0.232 e. The summed E-state index contributed by atoms with van der Waals surface area (Å²) >= 11 is 0. The molecule has 0 fully saturated rings. The van der Waals surface area contributed by atoms with Gasteiger partial charge in [-0.3, -0.25) is 4.79 Å². The van der Waals surface area contributed by atoms with E-state index in [1.165, 1.54) is 0 Å². The Bertz CT molecular complexity index is 737. The van der Waals surface area contributed by atoms with Gasteiger partial charge in [-0.05, 0) is 44.5 Å². The average molecular weight is 284 g/mol. The first-order valence-electron chi connectivity index (χ1n) is 6.86. The molecule has 0 saturated carbocycles. The molecule has 0 amide bonds. The molecule has 2 heterocycles. The molecule has 0 bridgehead atoms. The summed E-state index contributed by atoms with van der Waals surface area (Å²) in [7, 11) is 0. The number of ketones is 1. The number of rotatable bonds is 3. The smallest absolute Gasteiger partial charge is 0.232 e. The molecule has 2 aromatic rings. The third-order valence-electron chi connectivity index (χ3n) is 3.29. The zero-order valence-electron chi connectivity index (χ0n) is 12.2. The molecule has 0 N–H and O–H groups in total. The number of carbonyl (C=O) groups excluding carboxylic acids is 1. The number of allylic oxidation sites excluding steroid dienone is 1. The van der Waals surface area contributed by atoms with Crippen molar-refractivity contribution in [1.82, 2.24) is 0 Å². The van der Waals surface area contributed by atoms with Crippen LogP contribution in [0, 0.1) is 13.8 Å². The SMILES string of the molecule is CCOc1cc(C)c2c(c1)O/C(=C\c1ccc(C)o1)C2=O. The Kier molecular flexibility index (Phi) is 3.29. The van der Waals surface area contributed by atoms with Crippen molar-refractivity contribution in [3.05, 3.63) is 52.7 Å². The molecule has 0 spiro atoms. The summed E-state index contributed by atoms with van der Waals surface area (Å²) in [6, 6.07) is 7.25. The van der Waals surface area contributed by atoms with Crippen LogP contribution in [-0.2, 0) is 0 Å². The molecule has 0 atom stereocenters. The minimum Gasteiger partial charge on any atom is -0.494 e. The van der Waals surface area contributed by atoms with Gasteiger partial charge in [0.2, 0.25) is 5.78 Å². The van der Waals surface area contributed by atoms with Crippen LogP contribution in [0.15, 0.2) is 34.4 Å². The predicted octanol–water partition coefficient (Wildman–Crippen LogP) is 3.91. The number of Topliss-reactive ketones (excluding diaryl/α,β-unsaturated/α-hetero) is 1. The fourth-order valence-electron chi connectivity index (χ4n) is 2.39. The van der Waals surface area contributed by atoms with Crippen LogP contribution in [0.25, 0.3) is 6.08 Å². The molecule has 0 saturated heterocycles. The highest BCUT2D eigenvalue weighted by atomic mass is 16.5. The van der Waals surface area contributed by atoms with E-state index in [9.17, 15) is 4.79 Å². The summed E-state index contributed by atoms with van der Waals surface area (Å²) in [5, 5.41) is 0. The maximum atomic E-state index is 12.4. The van der Waals surface area contributed by atoms with Gasteiger partial charge in [0.05, 0.1) is 12.2 Å². The molecule has 4 nitrogen and oxygen atoms in total. The summed E-state index contributed by atoms with van der Waals surface area (Å²) in [5.74, 6) is 2.79. The molecular weight excluding hydrogens is 268 g/mol. The van der Waals surface area contributed by atoms with Gasteiger partial charge in [-0.2, -0.15) is 0 Å². The first kappa shape index (κ1) is 13.5. The summed E-state index contributed by atoms with van der Waals surface area (Å²) in [6.45, 7) is 6.22. The quantitative estimate of drug-likeness (QED) is 0.802. The Morgan fingerprint density at radius 2 is 2.05 bits per heavy atom. The number of hydrogen-bond donors (Lipinski definition) is 0. The molecule has 4 heteroatoms. The van der Waals surface area contributed by atoms with E-state index in [1.807, 2.05) is 32.9 Å². The van der Waals surface area contributed by atoms with Crippen LogP contribution in [0.3, 0.4) is 0 Å². The number of benzene rings is 1. The Morgan fingerprint density at radius 1 is 1.24 bits per heavy atom. The first-order valence-corrected chi connectivity index (χ1v) is 6.86. The third kappa shape index (κ3) is 2.44. The number of carbonyl (C=O) groups is 1. The monoisotopic (exact) mass is 284 g/mol. The lowest BCUT2D eigenvalue weighted by Crippen LogP contribution is -1.99. The van der Waals surface area contributed by atoms with Crippen LogP contribution in [0.5, 0.6) is 11.5 Å². The maximum absolute atomic E-state index is 12.4. The van der Waals surface area contributed by atoms with Gasteiger partial charge in [-0.1, -0.05) is 0 Å². The number of aryl methyl sites for hydroxylation is 2. The Morgan fingerprint density at radius 3 is 2.71 bits per heavy atom. The van der Waals surface area contributed by atoms with Crippen LogP contribution < -0.4 is 9.47 Å². The summed E-state index contributed by atoms with van der Waals surface area (Å²) in [5.41, 5.74) is 1.44. The van der Waals surface area contributed by atoms with E-state index in [-0.39, 0.29) is 11.5 Å². The van der Waals surface area contributed by atoms with Gasteiger partial charge in [-0.15, -0.1) is 0 Å². The van der Waals surface area contributed by atoms with E-state index in [0.29, 0.717) is 29.4 Å². The van der Waals surface area contributed by atoms with Crippen LogP contribution in [0.1, 0.15) is 34.4 Å². The van der Waals surface area contributed by atoms with E-state index >= 15 is 0 Å². The van der Waals surface area contributed by atoms with Crippen molar-refractivity contribution in [2.24, 2.45) is 0 Å². The fourth-order valence-corrected chi connectivity index (χ4v) is 2.39. The van der Waals surface area contributed by atoms with E-state index in [2.05, 4.69) is 0 Å². The number of fused-ring (bicyclic) bond motifs is 1. The van der Waals surface area contributed by atoms with Crippen molar-refractivity contribution in [3.8, 4) is 11.5 Å². The van der Waals surface area contributed by atoms with E-state index in [4.69, 9.17) is 13.9 Å². The molecule has 0 aliphatic carbocycles. The summed E-state index contributed by atoms with van der Waals surface area (Å²) in [4.78, 5) is 12.4.